The molecule has 0 radical (unpaired) electrons. The van der Waals surface area contributed by atoms with Crippen LogP contribution in [0, 0.1) is 34.0 Å². The van der Waals surface area contributed by atoms with Crippen molar-refractivity contribution < 1.29 is 10.2 Å². The summed E-state index contributed by atoms with van der Waals surface area (Å²) in [5.41, 5.74) is -0.390. The molecule has 5 rings (SSSR count). The van der Waals surface area contributed by atoms with Crippen LogP contribution in [-0.2, 0) is 0 Å². The van der Waals surface area contributed by atoms with E-state index in [0.717, 1.165) is 18.8 Å². The van der Waals surface area contributed by atoms with E-state index in [4.69, 9.17) is 0 Å². The summed E-state index contributed by atoms with van der Waals surface area (Å²) < 4.78 is 0. The molecule has 0 aromatic rings. The normalized spacial score (nSPS) is 59.0. The van der Waals surface area contributed by atoms with Gasteiger partial charge in [0.15, 0.2) is 0 Å². The highest BCUT2D eigenvalue weighted by Crippen LogP contribution is 2.70. The standard InChI is InChI=1S/C20H32O2/c1-17(2)8-5-9-18(3)14(17)7-11-20-10-6-13(12-15(18)20)19(4,22)16(20)21/h6,10,13-16,21-22H,5,7-9,11-12H2,1-4H3/t13-,14+,15-,16-,18+,19+,20-/m0/s1. The van der Waals surface area contributed by atoms with Crippen LogP contribution in [0.2, 0.25) is 0 Å². The summed E-state index contributed by atoms with van der Waals surface area (Å²) in [5, 5.41) is 21.9. The first kappa shape index (κ1) is 15.2. The Morgan fingerprint density at radius 1 is 1.00 bits per heavy atom. The van der Waals surface area contributed by atoms with Crippen LogP contribution in [-0.4, -0.2) is 21.9 Å². The molecule has 0 saturated heterocycles. The van der Waals surface area contributed by atoms with Crippen LogP contribution in [0.5, 0.6) is 0 Å². The van der Waals surface area contributed by atoms with Gasteiger partial charge in [0, 0.05) is 11.3 Å². The molecule has 1 spiro atoms. The monoisotopic (exact) mass is 304 g/mol. The van der Waals surface area contributed by atoms with Gasteiger partial charge in [0.05, 0.1) is 11.7 Å². The van der Waals surface area contributed by atoms with Gasteiger partial charge >= 0.3 is 0 Å². The fourth-order valence-electron chi connectivity index (χ4n) is 7.40. The second-order valence-electron chi connectivity index (χ2n) is 9.93. The summed E-state index contributed by atoms with van der Waals surface area (Å²) >= 11 is 0. The Morgan fingerprint density at radius 2 is 1.73 bits per heavy atom. The molecule has 2 heteroatoms. The lowest BCUT2D eigenvalue weighted by atomic mass is 9.37. The number of rotatable bonds is 0. The van der Waals surface area contributed by atoms with Crippen molar-refractivity contribution in [3.8, 4) is 0 Å². The molecule has 0 amide bonds. The molecule has 7 atom stereocenters. The third-order valence-corrected chi connectivity index (χ3v) is 8.53. The van der Waals surface area contributed by atoms with E-state index < -0.39 is 11.7 Å². The number of hydrogen-bond acceptors (Lipinski definition) is 2. The van der Waals surface area contributed by atoms with Crippen LogP contribution >= 0.6 is 0 Å². The second-order valence-corrected chi connectivity index (χ2v) is 9.93. The Hall–Kier alpha value is -0.340. The lowest BCUT2D eigenvalue weighted by molar-refractivity contribution is -0.244. The highest BCUT2D eigenvalue weighted by atomic mass is 16.3. The molecule has 2 nitrogen and oxygen atoms in total. The van der Waals surface area contributed by atoms with E-state index >= 15 is 0 Å². The summed E-state index contributed by atoms with van der Waals surface area (Å²) in [6, 6.07) is 0. The largest absolute Gasteiger partial charge is 0.389 e. The van der Waals surface area contributed by atoms with E-state index in [-0.39, 0.29) is 11.3 Å². The lowest BCUT2D eigenvalue weighted by Crippen LogP contribution is -2.69. The Balaban J connectivity index is 1.80. The fourth-order valence-corrected chi connectivity index (χ4v) is 7.40. The summed E-state index contributed by atoms with van der Waals surface area (Å²) in [5.74, 6) is 1.41. The minimum Gasteiger partial charge on any atom is -0.389 e. The van der Waals surface area contributed by atoms with Gasteiger partial charge in [0.25, 0.3) is 0 Å². The van der Waals surface area contributed by atoms with Crippen molar-refractivity contribution in [2.24, 2.45) is 34.0 Å². The van der Waals surface area contributed by atoms with Crippen LogP contribution < -0.4 is 0 Å². The van der Waals surface area contributed by atoms with E-state index in [1.54, 1.807) is 0 Å². The van der Waals surface area contributed by atoms with Crippen LogP contribution in [0.1, 0.15) is 66.2 Å². The molecule has 2 N–H and O–H groups in total. The maximum atomic E-state index is 11.0. The molecule has 2 bridgehead atoms. The predicted molar refractivity (Wildman–Crippen MR) is 88.3 cm³/mol. The van der Waals surface area contributed by atoms with Gasteiger partial charge in [0.2, 0.25) is 0 Å². The molecule has 3 saturated carbocycles. The highest BCUT2D eigenvalue weighted by Gasteiger charge is 2.68. The third kappa shape index (κ3) is 1.59. The van der Waals surface area contributed by atoms with Crippen molar-refractivity contribution in [1.82, 2.24) is 0 Å². The topological polar surface area (TPSA) is 40.5 Å². The van der Waals surface area contributed by atoms with Crippen molar-refractivity contribution >= 4 is 0 Å². The molecule has 5 aliphatic carbocycles. The molecule has 0 aliphatic heterocycles. The van der Waals surface area contributed by atoms with E-state index in [0.29, 0.717) is 16.7 Å². The molecule has 0 heterocycles. The third-order valence-electron chi connectivity index (χ3n) is 8.53. The summed E-state index contributed by atoms with van der Waals surface area (Å²) in [6.07, 6.45) is 11.2. The Bertz CT molecular complexity index is 520. The quantitative estimate of drug-likeness (QED) is 0.666. The van der Waals surface area contributed by atoms with E-state index in [1.165, 1.54) is 25.7 Å². The van der Waals surface area contributed by atoms with Crippen molar-refractivity contribution in [3.05, 3.63) is 12.2 Å². The van der Waals surface area contributed by atoms with Gasteiger partial charge in [-0.05, 0) is 61.7 Å². The minimum absolute atomic E-state index is 0.120. The molecule has 0 aromatic carbocycles. The van der Waals surface area contributed by atoms with E-state index in [9.17, 15) is 10.2 Å². The first-order valence-corrected chi connectivity index (χ1v) is 9.24. The molecule has 0 aromatic heterocycles. The number of aliphatic hydroxyl groups is 2. The average Bonchev–Trinajstić information content (AvgIpc) is 2.43. The van der Waals surface area contributed by atoms with Crippen LogP contribution in [0.25, 0.3) is 0 Å². The number of hydrogen-bond donors (Lipinski definition) is 2. The second kappa shape index (κ2) is 4.19. The van der Waals surface area contributed by atoms with Gasteiger partial charge in [-0.15, -0.1) is 0 Å². The lowest BCUT2D eigenvalue weighted by Gasteiger charge is -2.69. The molecule has 3 fully saturated rings. The maximum absolute atomic E-state index is 11.0. The number of fused-ring (bicyclic) bond motifs is 2. The van der Waals surface area contributed by atoms with Crippen molar-refractivity contribution in [2.45, 2.75) is 77.9 Å². The Kier molecular flexibility index (Phi) is 2.89. The van der Waals surface area contributed by atoms with E-state index in [1.807, 2.05) is 6.92 Å². The van der Waals surface area contributed by atoms with Gasteiger partial charge in [-0.25, -0.2) is 0 Å². The molecular weight excluding hydrogens is 272 g/mol. The van der Waals surface area contributed by atoms with Gasteiger partial charge in [0.1, 0.15) is 0 Å². The zero-order valence-corrected chi connectivity index (χ0v) is 14.6. The smallest absolute Gasteiger partial charge is 0.0948 e. The van der Waals surface area contributed by atoms with Crippen LogP contribution in [0.3, 0.4) is 0 Å². The fraction of sp³-hybridized carbons (Fsp3) is 0.900. The van der Waals surface area contributed by atoms with Gasteiger partial charge < -0.3 is 10.2 Å². The van der Waals surface area contributed by atoms with Crippen molar-refractivity contribution in [2.75, 3.05) is 0 Å². The maximum Gasteiger partial charge on any atom is 0.0948 e. The van der Waals surface area contributed by atoms with Crippen LogP contribution in [0.15, 0.2) is 12.2 Å². The van der Waals surface area contributed by atoms with E-state index in [2.05, 4.69) is 32.9 Å². The molecular formula is C20H32O2. The minimum atomic E-state index is -0.946. The predicted octanol–water partition coefficient (Wildman–Crippen LogP) is 3.92. The highest BCUT2D eigenvalue weighted by molar-refractivity contribution is 5.28. The average molecular weight is 304 g/mol. The molecule has 22 heavy (non-hydrogen) atoms. The van der Waals surface area contributed by atoms with Crippen molar-refractivity contribution in [3.63, 3.8) is 0 Å². The van der Waals surface area contributed by atoms with Gasteiger partial charge in [-0.2, -0.15) is 0 Å². The van der Waals surface area contributed by atoms with Crippen molar-refractivity contribution in [1.29, 1.82) is 0 Å². The zero-order chi connectivity index (χ0) is 16.0. The number of aliphatic hydroxyl groups excluding tert-OH is 1. The first-order valence-electron chi connectivity index (χ1n) is 9.24. The summed E-state index contributed by atoms with van der Waals surface area (Å²) in [7, 11) is 0. The van der Waals surface area contributed by atoms with Gasteiger partial charge in [-0.1, -0.05) is 39.3 Å². The SMILES string of the molecule is CC1(C)CCC[C@]2(C)[C@@H]1CC[C@@]13C=C[C@@H](C[C@@H]21)[C@@](C)(O)[C@@H]3O. The first-order chi connectivity index (χ1) is 10.1. The molecule has 124 valence electrons. The Labute approximate surface area is 135 Å². The summed E-state index contributed by atoms with van der Waals surface area (Å²) in [6.45, 7) is 9.26. The molecule has 0 unspecified atom stereocenters. The summed E-state index contributed by atoms with van der Waals surface area (Å²) in [4.78, 5) is 0. The zero-order valence-electron chi connectivity index (χ0n) is 14.6. The Morgan fingerprint density at radius 3 is 2.45 bits per heavy atom. The molecule has 5 aliphatic rings. The van der Waals surface area contributed by atoms with Gasteiger partial charge in [-0.3, -0.25) is 0 Å². The van der Waals surface area contributed by atoms with Crippen LogP contribution in [0.4, 0.5) is 0 Å².